The minimum Gasteiger partial charge on any atom is -0.508 e. The van der Waals surface area contributed by atoms with Crippen molar-refractivity contribution < 1.29 is 10.2 Å². The van der Waals surface area contributed by atoms with E-state index in [9.17, 15) is 10.2 Å². The third kappa shape index (κ3) is 4.44. The molecule has 2 heteroatoms. The van der Waals surface area contributed by atoms with Crippen LogP contribution in [0.5, 0.6) is 5.75 Å². The van der Waals surface area contributed by atoms with Gasteiger partial charge in [-0.05, 0) is 86.0 Å². The van der Waals surface area contributed by atoms with E-state index in [-0.39, 0.29) is 11.5 Å². The van der Waals surface area contributed by atoms with Crippen molar-refractivity contribution in [3.8, 4) is 40.3 Å². The lowest BCUT2D eigenvalue weighted by molar-refractivity contribution is 0.431. The van der Waals surface area contributed by atoms with Crippen LogP contribution in [0.15, 0.2) is 157 Å². The molecule has 2 N–H and O–H groups in total. The smallest absolute Gasteiger partial charge is 0.124 e. The van der Waals surface area contributed by atoms with E-state index in [1.54, 1.807) is 12.1 Å². The molecule has 0 aliphatic heterocycles. The van der Waals surface area contributed by atoms with E-state index in [1.807, 2.05) is 48.5 Å². The largest absolute Gasteiger partial charge is 0.508 e. The number of aromatic hydroxyl groups is 1. The number of phenolic OH excluding ortho intramolecular Hbond substituents is 1. The van der Waals surface area contributed by atoms with Crippen molar-refractivity contribution >= 4 is 5.57 Å². The Hall–Kier alpha value is -5.52. The Balaban J connectivity index is 1.73. The summed E-state index contributed by atoms with van der Waals surface area (Å²) in [5.41, 5.74) is 8.69. The molecule has 0 saturated heterocycles. The van der Waals surface area contributed by atoms with Crippen LogP contribution in [-0.2, 0) is 5.41 Å². The van der Waals surface area contributed by atoms with Crippen LogP contribution >= 0.6 is 0 Å². The molecule has 0 aromatic heterocycles. The quantitative estimate of drug-likeness (QED) is 0.176. The fourth-order valence-electron chi connectivity index (χ4n) is 6.01. The van der Waals surface area contributed by atoms with E-state index in [4.69, 9.17) is 6.42 Å². The molecule has 0 heterocycles. The molecule has 0 fully saturated rings. The zero-order valence-electron chi connectivity index (χ0n) is 22.5. The second-order valence-electron chi connectivity index (χ2n) is 10.1. The number of aliphatic hydroxyl groups is 1. The average Bonchev–Trinajstić information content (AvgIpc) is 3.25. The third-order valence-corrected chi connectivity index (χ3v) is 7.79. The Kier molecular flexibility index (Phi) is 6.63. The topological polar surface area (TPSA) is 40.5 Å². The first-order valence-corrected chi connectivity index (χ1v) is 13.4. The minimum atomic E-state index is -0.906. The van der Waals surface area contributed by atoms with Crippen molar-refractivity contribution in [2.45, 2.75) is 5.41 Å². The summed E-state index contributed by atoms with van der Waals surface area (Å²) in [7, 11) is 0. The summed E-state index contributed by atoms with van der Waals surface area (Å²) in [5, 5.41) is 21.7. The number of terminal acetylenes is 1. The fourth-order valence-corrected chi connectivity index (χ4v) is 6.01. The highest BCUT2D eigenvalue weighted by molar-refractivity contribution is 5.94. The molecule has 1 aliphatic carbocycles. The second-order valence-corrected chi connectivity index (χ2v) is 10.1. The van der Waals surface area contributed by atoms with Gasteiger partial charge in [0.05, 0.1) is 5.41 Å². The minimum absolute atomic E-state index is 0.0384. The molecule has 0 unspecified atom stereocenters. The van der Waals surface area contributed by atoms with Gasteiger partial charge in [-0.15, -0.1) is 6.42 Å². The van der Waals surface area contributed by atoms with Crippen LogP contribution in [0.4, 0.5) is 0 Å². The van der Waals surface area contributed by atoms with Crippen molar-refractivity contribution in [2.75, 3.05) is 0 Å². The molecule has 0 amide bonds. The Morgan fingerprint density at radius 1 is 0.683 bits per heavy atom. The van der Waals surface area contributed by atoms with Gasteiger partial charge in [0.15, 0.2) is 0 Å². The second kappa shape index (κ2) is 10.6. The van der Waals surface area contributed by atoms with Crippen molar-refractivity contribution in [3.63, 3.8) is 0 Å². The Morgan fingerprint density at radius 3 is 1.76 bits per heavy atom. The van der Waals surface area contributed by atoms with Gasteiger partial charge < -0.3 is 10.2 Å². The van der Waals surface area contributed by atoms with E-state index in [1.165, 1.54) is 6.08 Å². The predicted octanol–water partition coefficient (Wildman–Crippen LogP) is 9.09. The summed E-state index contributed by atoms with van der Waals surface area (Å²) in [6.07, 6.45) is 8.58. The van der Waals surface area contributed by atoms with Crippen LogP contribution in [0, 0.1) is 12.3 Å². The van der Waals surface area contributed by atoms with E-state index in [0.29, 0.717) is 0 Å². The van der Waals surface area contributed by atoms with Gasteiger partial charge in [0.25, 0.3) is 0 Å². The highest BCUT2D eigenvalue weighted by Gasteiger charge is 2.48. The molecule has 5 aromatic rings. The first kappa shape index (κ1) is 25.7. The number of allylic oxidation sites excluding steroid dienone is 4. The molecule has 0 saturated carbocycles. The van der Waals surface area contributed by atoms with Gasteiger partial charge in [-0.3, -0.25) is 0 Å². The average molecular weight is 529 g/mol. The van der Waals surface area contributed by atoms with E-state index in [0.717, 1.165) is 55.7 Å². The van der Waals surface area contributed by atoms with E-state index in [2.05, 4.69) is 85.3 Å². The highest BCUT2D eigenvalue weighted by Crippen LogP contribution is 2.58. The molecule has 2 nitrogen and oxygen atoms in total. The van der Waals surface area contributed by atoms with Crippen LogP contribution in [0.1, 0.15) is 22.3 Å². The lowest BCUT2D eigenvalue weighted by Crippen LogP contribution is -2.29. The van der Waals surface area contributed by atoms with Gasteiger partial charge in [-0.1, -0.05) is 116 Å². The lowest BCUT2D eigenvalue weighted by Gasteiger charge is -2.35. The number of aliphatic hydroxyl groups excluding tert-OH is 1. The summed E-state index contributed by atoms with van der Waals surface area (Å²) < 4.78 is 0. The Morgan fingerprint density at radius 2 is 1.22 bits per heavy atom. The Labute approximate surface area is 240 Å². The van der Waals surface area contributed by atoms with Crippen molar-refractivity contribution in [3.05, 3.63) is 180 Å². The van der Waals surface area contributed by atoms with Crippen LogP contribution in [0.2, 0.25) is 0 Å². The van der Waals surface area contributed by atoms with Crippen LogP contribution in [-0.4, -0.2) is 10.2 Å². The number of hydrogen-bond donors (Lipinski definition) is 2. The number of benzene rings is 5. The maximum absolute atomic E-state index is 10.9. The molecule has 0 bridgehead atoms. The SMILES string of the molecule is C#C/C=C(O)\C=C1/C(=C)c2ccc(O)cc2C1(c1cccc(-c2ccccc2)c1)c1cccc(-c2ccccc2)c1. The zero-order chi connectivity index (χ0) is 28.4. The van der Waals surface area contributed by atoms with Crippen molar-refractivity contribution in [1.29, 1.82) is 0 Å². The van der Waals surface area contributed by atoms with Gasteiger partial charge in [-0.25, -0.2) is 0 Å². The van der Waals surface area contributed by atoms with Crippen LogP contribution < -0.4 is 0 Å². The standard InChI is InChI=1S/C39H28O2/c1-3-12-34(40)25-37-27(2)36-22-21-35(41)26-38(36)39(37,32-19-10-17-30(23-32)28-13-6-4-7-14-28)33-20-11-18-31(24-33)29-15-8-5-9-16-29/h1,4-26,40-41H,2H2/b34-12+,37-25+. The third-order valence-electron chi connectivity index (χ3n) is 7.79. The molecule has 5 aromatic carbocycles. The lowest BCUT2D eigenvalue weighted by atomic mass is 9.66. The first-order valence-electron chi connectivity index (χ1n) is 13.4. The monoisotopic (exact) mass is 528 g/mol. The Bertz CT molecular complexity index is 1790. The summed E-state index contributed by atoms with van der Waals surface area (Å²) in [5.74, 6) is 2.55. The normalized spacial score (nSPS) is 15.0. The molecule has 0 radical (unpaired) electrons. The van der Waals surface area contributed by atoms with Crippen molar-refractivity contribution in [1.82, 2.24) is 0 Å². The summed E-state index contributed by atoms with van der Waals surface area (Å²) in [4.78, 5) is 0. The van der Waals surface area contributed by atoms with E-state index >= 15 is 0 Å². The van der Waals surface area contributed by atoms with Gasteiger partial charge in [0.2, 0.25) is 0 Å². The van der Waals surface area contributed by atoms with E-state index < -0.39 is 5.41 Å². The molecule has 0 spiro atoms. The number of fused-ring (bicyclic) bond motifs is 1. The molecule has 6 rings (SSSR count). The molecular formula is C39H28O2. The zero-order valence-corrected chi connectivity index (χ0v) is 22.5. The summed E-state index contributed by atoms with van der Waals surface area (Å²) >= 11 is 0. The summed E-state index contributed by atoms with van der Waals surface area (Å²) in [6.45, 7) is 4.49. The molecular weight excluding hydrogens is 500 g/mol. The first-order chi connectivity index (χ1) is 20.0. The van der Waals surface area contributed by atoms with Crippen LogP contribution in [0.3, 0.4) is 0 Å². The number of rotatable bonds is 5. The molecule has 0 atom stereocenters. The van der Waals surface area contributed by atoms with Gasteiger partial charge in [-0.2, -0.15) is 0 Å². The van der Waals surface area contributed by atoms with Gasteiger partial charge in [0.1, 0.15) is 11.5 Å². The summed E-state index contributed by atoms with van der Waals surface area (Å²) in [6, 6.07) is 42.7. The van der Waals surface area contributed by atoms with Crippen LogP contribution in [0.25, 0.3) is 27.8 Å². The predicted molar refractivity (Wildman–Crippen MR) is 168 cm³/mol. The highest BCUT2D eigenvalue weighted by atomic mass is 16.3. The molecule has 41 heavy (non-hydrogen) atoms. The van der Waals surface area contributed by atoms with Gasteiger partial charge >= 0.3 is 0 Å². The fraction of sp³-hybridized carbons (Fsp3) is 0.0256. The maximum Gasteiger partial charge on any atom is 0.124 e. The molecule has 1 aliphatic rings. The number of hydrogen-bond acceptors (Lipinski definition) is 2. The molecule has 196 valence electrons. The van der Waals surface area contributed by atoms with Crippen molar-refractivity contribution in [2.24, 2.45) is 0 Å². The number of phenols is 1. The van der Waals surface area contributed by atoms with Gasteiger partial charge in [0, 0.05) is 6.08 Å². The maximum atomic E-state index is 10.9.